The molecule has 0 atom stereocenters. The molecule has 3 aromatic heterocycles. The fourth-order valence-corrected chi connectivity index (χ4v) is 3.95. The summed E-state index contributed by atoms with van der Waals surface area (Å²) in [5, 5.41) is 9.07. The summed E-state index contributed by atoms with van der Waals surface area (Å²) in [6.45, 7) is 5.16. The maximum Gasteiger partial charge on any atom is 0.159 e. The third-order valence-electron chi connectivity index (χ3n) is 5.75. The molecule has 0 bridgehead atoms. The Morgan fingerprint density at radius 2 is 1.81 bits per heavy atom. The molecule has 0 amide bonds. The lowest BCUT2D eigenvalue weighted by Gasteiger charge is -2.28. The first kappa shape index (κ1) is 20.4. The summed E-state index contributed by atoms with van der Waals surface area (Å²) >= 11 is 0. The maximum absolute atomic E-state index is 5.53. The van der Waals surface area contributed by atoms with Crippen LogP contribution in [0.5, 0.6) is 0 Å². The van der Waals surface area contributed by atoms with Crippen LogP contribution in [-0.2, 0) is 24.6 Å². The van der Waals surface area contributed by atoms with Crippen molar-refractivity contribution in [1.29, 1.82) is 0 Å². The predicted octanol–water partition coefficient (Wildman–Crippen LogP) is 2.99. The Hall–Kier alpha value is -3.52. The number of aryl methyl sites for hydroxylation is 4. The summed E-state index contributed by atoms with van der Waals surface area (Å²) in [4.78, 5) is 12.0. The third-order valence-corrected chi connectivity index (χ3v) is 5.75. The van der Waals surface area contributed by atoms with Crippen molar-refractivity contribution in [2.24, 2.45) is 7.05 Å². The van der Waals surface area contributed by atoms with E-state index in [-0.39, 0.29) is 0 Å². The molecule has 4 aromatic rings. The summed E-state index contributed by atoms with van der Waals surface area (Å²) < 4.78 is 9.27. The van der Waals surface area contributed by atoms with Crippen LogP contribution in [0.2, 0.25) is 0 Å². The molecular formula is C24H27N7O. The highest BCUT2D eigenvalue weighted by Gasteiger charge is 2.17. The number of rotatable bonds is 6. The molecule has 0 unspecified atom stereocenters. The van der Waals surface area contributed by atoms with Crippen molar-refractivity contribution in [1.82, 2.24) is 29.5 Å². The van der Waals surface area contributed by atoms with Crippen molar-refractivity contribution in [3.05, 3.63) is 71.9 Å². The molecule has 1 aromatic carbocycles. The summed E-state index contributed by atoms with van der Waals surface area (Å²) in [5.74, 6) is 2.50. The average Bonchev–Trinajstić information content (AvgIpc) is 3.47. The van der Waals surface area contributed by atoms with Crippen molar-refractivity contribution in [3.63, 3.8) is 0 Å². The molecular weight excluding hydrogens is 402 g/mol. The van der Waals surface area contributed by atoms with Gasteiger partial charge in [0.2, 0.25) is 0 Å². The van der Waals surface area contributed by atoms with Crippen LogP contribution in [0, 0.1) is 6.92 Å². The molecule has 0 radical (unpaired) electrons. The Morgan fingerprint density at radius 1 is 0.969 bits per heavy atom. The molecule has 8 heteroatoms. The second-order valence-electron chi connectivity index (χ2n) is 8.06. The Balaban J connectivity index is 1.47. The summed E-state index contributed by atoms with van der Waals surface area (Å²) in [5.41, 5.74) is 4.40. The fourth-order valence-electron chi connectivity index (χ4n) is 3.95. The lowest BCUT2D eigenvalue weighted by molar-refractivity contribution is 0.122. The largest absolute Gasteiger partial charge is 0.378 e. The molecule has 1 aliphatic heterocycles. The van der Waals surface area contributed by atoms with E-state index < -0.39 is 0 Å². The van der Waals surface area contributed by atoms with Crippen LogP contribution >= 0.6 is 0 Å². The van der Waals surface area contributed by atoms with Gasteiger partial charge in [-0.3, -0.25) is 4.68 Å². The van der Waals surface area contributed by atoms with E-state index in [0.29, 0.717) is 13.2 Å². The lowest BCUT2D eigenvalue weighted by atomic mass is 10.1. The van der Waals surface area contributed by atoms with Crippen LogP contribution < -0.4 is 4.90 Å². The van der Waals surface area contributed by atoms with Gasteiger partial charge < -0.3 is 9.64 Å². The minimum Gasteiger partial charge on any atom is -0.378 e. The molecule has 8 nitrogen and oxygen atoms in total. The van der Waals surface area contributed by atoms with Crippen molar-refractivity contribution in [2.45, 2.75) is 19.8 Å². The molecule has 0 saturated carbocycles. The maximum atomic E-state index is 5.53. The van der Waals surface area contributed by atoms with Gasteiger partial charge in [0, 0.05) is 56.3 Å². The van der Waals surface area contributed by atoms with Crippen LogP contribution in [0.15, 0.2) is 54.9 Å². The van der Waals surface area contributed by atoms with Gasteiger partial charge in [-0.25, -0.2) is 14.6 Å². The van der Waals surface area contributed by atoms with Gasteiger partial charge in [0.05, 0.1) is 18.9 Å². The topological polar surface area (TPSA) is 73.9 Å². The van der Waals surface area contributed by atoms with Gasteiger partial charge in [-0.05, 0) is 31.5 Å². The highest BCUT2D eigenvalue weighted by atomic mass is 16.5. The fraction of sp³-hybridized carbons (Fsp3) is 0.333. The van der Waals surface area contributed by atoms with Gasteiger partial charge >= 0.3 is 0 Å². The van der Waals surface area contributed by atoms with Gasteiger partial charge in [-0.1, -0.05) is 23.8 Å². The second kappa shape index (κ2) is 8.92. The minimum absolute atomic E-state index is 0.711. The number of aromatic nitrogens is 6. The van der Waals surface area contributed by atoms with Crippen molar-refractivity contribution < 1.29 is 4.74 Å². The number of ether oxygens (including phenoxy) is 1. The van der Waals surface area contributed by atoms with Crippen molar-refractivity contribution in [2.75, 3.05) is 31.2 Å². The van der Waals surface area contributed by atoms with Crippen LogP contribution in [-0.4, -0.2) is 55.8 Å². The van der Waals surface area contributed by atoms with Crippen LogP contribution in [0.4, 0.5) is 5.82 Å². The van der Waals surface area contributed by atoms with E-state index in [1.807, 2.05) is 47.0 Å². The molecule has 0 aliphatic carbocycles. The summed E-state index contributed by atoms with van der Waals surface area (Å²) in [6.07, 6.45) is 5.35. The zero-order valence-corrected chi connectivity index (χ0v) is 18.5. The normalized spacial score (nSPS) is 14.1. The number of benzene rings is 1. The average molecular weight is 430 g/mol. The molecule has 1 fully saturated rings. The van der Waals surface area contributed by atoms with E-state index in [9.17, 15) is 0 Å². The molecule has 32 heavy (non-hydrogen) atoms. The SMILES string of the molecule is Cc1cccc(-c2ccn(-c3cc(N4CCOCC4)nc(CCc4ccnn4C)n3)n2)c1. The van der Waals surface area contributed by atoms with Gasteiger partial charge in [0.15, 0.2) is 5.82 Å². The lowest BCUT2D eigenvalue weighted by Crippen LogP contribution is -2.37. The monoisotopic (exact) mass is 429 g/mol. The van der Waals surface area contributed by atoms with Crippen LogP contribution in [0.25, 0.3) is 17.1 Å². The number of anilines is 1. The first-order valence-corrected chi connectivity index (χ1v) is 11.0. The molecule has 1 saturated heterocycles. The Morgan fingerprint density at radius 3 is 2.59 bits per heavy atom. The predicted molar refractivity (Wildman–Crippen MR) is 123 cm³/mol. The number of hydrogen-bond donors (Lipinski definition) is 0. The highest BCUT2D eigenvalue weighted by Crippen LogP contribution is 2.22. The third kappa shape index (κ3) is 4.40. The molecule has 164 valence electrons. The summed E-state index contributed by atoms with van der Waals surface area (Å²) in [6, 6.07) is 14.5. The van der Waals surface area contributed by atoms with E-state index >= 15 is 0 Å². The molecule has 5 rings (SSSR count). The van der Waals surface area contributed by atoms with E-state index in [2.05, 4.69) is 41.2 Å². The zero-order chi connectivity index (χ0) is 21.9. The zero-order valence-electron chi connectivity index (χ0n) is 18.5. The highest BCUT2D eigenvalue weighted by molar-refractivity contribution is 5.60. The smallest absolute Gasteiger partial charge is 0.159 e. The number of hydrogen-bond acceptors (Lipinski definition) is 6. The van der Waals surface area contributed by atoms with E-state index in [1.54, 1.807) is 0 Å². The van der Waals surface area contributed by atoms with Gasteiger partial charge in [0.1, 0.15) is 11.6 Å². The van der Waals surface area contributed by atoms with Gasteiger partial charge in [-0.2, -0.15) is 10.2 Å². The van der Waals surface area contributed by atoms with Crippen LogP contribution in [0.1, 0.15) is 17.1 Å². The molecule has 0 spiro atoms. The Labute approximate surface area is 187 Å². The Bertz CT molecular complexity index is 1210. The quantitative estimate of drug-likeness (QED) is 0.469. The standard InChI is InChI=1S/C24H27N7O/c1-18-4-3-5-19(16-18)21-9-11-31(28-21)24-17-23(30-12-14-32-15-13-30)26-22(27-24)7-6-20-8-10-25-29(20)2/h3-5,8-11,16-17H,6-7,12-15H2,1-2H3. The van der Waals surface area contributed by atoms with Crippen LogP contribution in [0.3, 0.4) is 0 Å². The van der Waals surface area contributed by atoms with E-state index in [4.69, 9.17) is 19.8 Å². The Kier molecular flexibility index (Phi) is 5.68. The first-order chi connectivity index (χ1) is 15.7. The number of morpholine rings is 1. The molecule has 4 heterocycles. The van der Waals surface area contributed by atoms with Crippen molar-refractivity contribution in [3.8, 4) is 17.1 Å². The molecule has 1 aliphatic rings. The van der Waals surface area contributed by atoms with Crippen molar-refractivity contribution >= 4 is 5.82 Å². The molecule has 0 N–H and O–H groups in total. The first-order valence-electron chi connectivity index (χ1n) is 11.0. The van der Waals surface area contributed by atoms with Gasteiger partial charge in [0.25, 0.3) is 0 Å². The van der Waals surface area contributed by atoms with E-state index in [1.165, 1.54) is 5.56 Å². The van der Waals surface area contributed by atoms with Gasteiger partial charge in [-0.15, -0.1) is 0 Å². The summed E-state index contributed by atoms with van der Waals surface area (Å²) in [7, 11) is 1.96. The second-order valence-corrected chi connectivity index (χ2v) is 8.06. The number of nitrogens with zero attached hydrogens (tertiary/aromatic N) is 7. The van der Waals surface area contributed by atoms with E-state index in [0.717, 1.165) is 60.3 Å². The minimum atomic E-state index is 0.711.